The van der Waals surface area contributed by atoms with Crippen LogP contribution in [0.15, 0.2) is 12.4 Å². The van der Waals surface area contributed by atoms with Gasteiger partial charge in [0.05, 0.1) is 4.92 Å². The van der Waals surface area contributed by atoms with Gasteiger partial charge in [-0.05, 0) is 24.3 Å². The minimum Gasteiger partial charge on any atom is -0.351 e. The molecule has 2 heterocycles. The molecule has 1 aliphatic rings. The van der Waals surface area contributed by atoms with Crippen LogP contribution in [-0.2, 0) is 0 Å². The molecular weight excluding hydrogens is 228 g/mol. The van der Waals surface area contributed by atoms with Gasteiger partial charge in [-0.2, -0.15) is 11.8 Å². The van der Waals surface area contributed by atoms with Crippen molar-refractivity contribution in [3.8, 4) is 0 Å². The maximum Gasteiger partial charge on any atom is 0.305 e. The van der Waals surface area contributed by atoms with E-state index in [9.17, 15) is 10.1 Å². The van der Waals surface area contributed by atoms with E-state index in [1.54, 1.807) is 0 Å². The topological polar surface area (TPSA) is 81.0 Å². The quantitative estimate of drug-likeness (QED) is 0.639. The second-order valence-corrected chi connectivity index (χ2v) is 4.78. The molecule has 0 saturated carbocycles. The fourth-order valence-electron chi connectivity index (χ4n) is 1.51. The molecule has 0 atom stereocenters. The van der Waals surface area contributed by atoms with Gasteiger partial charge in [0, 0.05) is 6.04 Å². The molecule has 86 valence electrons. The van der Waals surface area contributed by atoms with Crippen LogP contribution in [0.5, 0.6) is 0 Å². The summed E-state index contributed by atoms with van der Waals surface area (Å²) in [5.74, 6) is 2.76. The average Bonchev–Trinajstić information content (AvgIpc) is 2.31. The Morgan fingerprint density at radius 3 is 2.56 bits per heavy atom. The van der Waals surface area contributed by atoms with Crippen LogP contribution in [0.25, 0.3) is 0 Å². The molecule has 0 bridgehead atoms. The third-order valence-electron chi connectivity index (χ3n) is 2.40. The lowest BCUT2D eigenvalue weighted by Crippen LogP contribution is -2.25. The zero-order valence-electron chi connectivity index (χ0n) is 8.63. The summed E-state index contributed by atoms with van der Waals surface area (Å²) in [6, 6.07) is 0.391. The Morgan fingerprint density at radius 2 is 2.00 bits per heavy atom. The first kappa shape index (κ1) is 11.1. The van der Waals surface area contributed by atoms with Crippen LogP contribution in [0.3, 0.4) is 0 Å². The SMILES string of the molecule is O=[N+]([O-])c1cnc(NC2CCSCC2)nc1. The van der Waals surface area contributed by atoms with Crippen molar-refractivity contribution in [3.63, 3.8) is 0 Å². The molecule has 1 saturated heterocycles. The largest absolute Gasteiger partial charge is 0.351 e. The van der Waals surface area contributed by atoms with Crippen molar-refractivity contribution in [1.82, 2.24) is 9.97 Å². The minimum absolute atomic E-state index is 0.0789. The molecule has 1 aromatic rings. The van der Waals surface area contributed by atoms with E-state index in [4.69, 9.17) is 0 Å². The predicted molar refractivity (Wildman–Crippen MR) is 62.7 cm³/mol. The molecule has 16 heavy (non-hydrogen) atoms. The highest BCUT2D eigenvalue weighted by molar-refractivity contribution is 7.99. The van der Waals surface area contributed by atoms with Crippen molar-refractivity contribution in [2.24, 2.45) is 0 Å². The molecule has 0 spiro atoms. The van der Waals surface area contributed by atoms with Gasteiger partial charge in [0.25, 0.3) is 0 Å². The van der Waals surface area contributed by atoms with Gasteiger partial charge in [-0.15, -0.1) is 0 Å². The van der Waals surface area contributed by atoms with Gasteiger partial charge >= 0.3 is 5.69 Å². The molecule has 7 heteroatoms. The fourth-order valence-corrected chi connectivity index (χ4v) is 2.62. The Morgan fingerprint density at radius 1 is 1.38 bits per heavy atom. The van der Waals surface area contributed by atoms with Gasteiger partial charge in [0.2, 0.25) is 5.95 Å². The highest BCUT2D eigenvalue weighted by atomic mass is 32.2. The van der Waals surface area contributed by atoms with Crippen molar-refractivity contribution in [2.75, 3.05) is 16.8 Å². The maximum atomic E-state index is 10.4. The number of thioether (sulfide) groups is 1. The van der Waals surface area contributed by atoms with Crippen molar-refractivity contribution in [1.29, 1.82) is 0 Å². The standard InChI is InChI=1S/C9H12N4O2S/c14-13(15)8-5-10-9(11-6-8)12-7-1-3-16-4-2-7/h5-7H,1-4H2,(H,10,11,12). The van der Waals surface area contributed by atoms with Crippen LogP contribution in [-0.4, -0.2) is 32.4 Å². The third-order valence-corrected chi connectivity index (χ3v) is 3.45. The zero-order chi connectivity index (χ0) is 11.4. The van der Waals surface area contributed by atoms with Crippen LogP contribution >= 0.6 is 11.8 Å². The summed E-state index contributed by atoms with van der Waals surface area (Å²) in [7, 11) is 0. The number of nitrogens with zero attached hydrogens (tertiary/aromatic N) is 3. The summed E-state index contributed by atoms with van der Waals surface area (Å²) in [6.45, 7) is 0. The first-order valence-electron chi connectivity index (χ1n) is 5.06. The summed E-state index contributed by atoms with van der Waals surface area (Å²) in [6.07, 6.45) is 4.63. The molecule has 1 aromatic heterocycles. The molecule has 1 fully saturated rings. The zero-order valence-corrected chi connectivity index (χ0v) is 9.44. The second kappa shape index (κ2) is 5.11. The van der Waals surface area contributed by atoms with Crippen molar-refractivity contribution < 1.29 is 4.92 Å². The molecule has 0 unspecified atom stereocenters. The fraction of sp³-hybridized carbons (Fsp3) is 0.556. The van der Waals surface area contributed by atoms with Crippen LogP contribution in [0.4, 0.5) is 11.6 Å². The van der Waals surface area contributed by atoms with E-state index in [2.05, 4.69) is 15.3 Å². The van der Waals surface area contributed by atoms with E-state index in [0.29, 0.717) is 12.0 Å². The molecular formula is C9H12N4O2S. The van der Waals surface area contributed by atoms with Crippen LogP contribution < -0.4 is 5.32 Å². The van der Waals surface area contributed by atoms with Gasteiger partial charge in [0.15, 0.2) is 0 Å². The number of aromatic nitrogens is 2. The van der Waals surface area contributed by atoms with Gasteiger partial charge < -0.3 is 5.32 Å². The molecule has 0 radical (unpaired) electrons. The molecule has 0 aliphatic carbocycles. The van der Waals surface area contributed by atoms with Crippen molar-refractivity contribution >= 4 is 23.4 Å². The van der Waals surface area contributed by atoms with E-state index in [1.165, 1.54) is 12.4 Å². The Kier molecular flexibility index (Phi) is 3.55. The molecule has 1 N–H and O–H groups in total. The number of hydrogen-bond acceptors (Lipinski definition) is 6. The van der Waals surface area contributed by atoms with Crippen LogP contribution in [0.2, 0.25) is 0 Å². The summed E-state index contributed by atoms with van der Waals surface area (Å²) in [5, 5.41) is 13.6. The van der Waals surface area contributed by atoms with E-state index in [1.807, 2.05) is 11.8 Å². The van der Waals surface area contributed by atoms with E-state index < -0.39 is 4.92 Å². The first-order chi connectivity index (χ1) is 7.75. The Hall–Kier alpha value is -1.37. The minimum atomic E-state index is -0.499. The smallest absolute Gasteiger partial charge is 0.305 e. The van der Waals surface area contributed by atoms with E-state index in [-0.39, 0.29) is 5.69 Å². The third kappa shape index (κ3) is 2.82. The van der Waals surface area contributed by atoms with Gasteiger partial charge in [-0.1, -0.05) is 0 Å². The van der Waals surface area contributed by atoms with Gasteiger partial charge in [-0.3, -0.25) is 10.1 Å². The van der Waals surface area contributed by atoms with Crippen LogP contribution in [0, 0.1) is 10.1 Å². The number of rotatable bonds is 3. The normalized spacial score (nSPS) is 17.0. The Bertz CT molecular complexity index is 364. The monoisotopic (exact) mass is 240 g/mol. The summed E-state index contributed by atoms with van der Waals surface area (Å²) < 4.78 is 0. The molecule has 6 nitrogen and oxygen atoms in total. The van der Waals surface area contributed by atoms with Gasteiger partial charge in [0.1, 0.15) is 12.4 Å². The summed E-state index contributed by atoms with van der Waals surface area (Å²) >= 11 is 1.95. The molecule has 0 aromatic carbocycles. The van der Waals surface area contributed by atoms with Gasteiger partial charge in [-0.25, -0.2) is 9.97 Å². The molecule has 1 aliphatic heterocycles. The lowest BCUT2D eigenvalue weighted by molar-refractivity contribution is -0.385. The Balaban J connectivity index is 1.96. The first-order valence-corrected chi connectivity index (χ1v) is 6.22. The lowest BCUT2D eigenvalue weighted by atomic mass is 10.2. The number of nitro groups is 1. The number of hydrogen-bond donors (Lipinski definition) is 1. The maximum absolute atomic E-state index is 10.4. The number of anilines is 1. The van der Waals surface area contributed by atoms with Crippen molar-refractivity contribution in [3.05, 3.63) is 22.5 Å². The predicted octanol–water partition coefficient (Wildman–Crippen LogP) is 1.69. The van der Waals surface area contributed by atoms with Crippen molar-refractivity contribution in [2.45, 2.75) is 18.9 Å². The number of nitrogens with one attached hydrogen (secondary N) is 1. The van der Waals surface area contributed by atoms with Crippen LogP contribution in [0.1, 0.15) is 12.8 Å². The second-order valence-electron chi connectivity index (χ2n) is 3.55. The Labute approximate surface area is 97.0 Å². The highest BCUT2D eigenvalue weighted by Gasteiger charge is 2.15. The summed E-state index contributed by atoms with van der Waals surface area (Å²) in [5.41, 5.74) is -0.0789. The van der Waals surface area contributed by atoms with E-state index in [0.717, 1.165) is 24.3 Å². The highest BCUT2D eigenvalue weighted by Crippen LogP contribution is 2.19. The molecule has 2 rings (SSSR count). The lowest BCUT2D eigenvalue weighted by Gasteiger charge is -2.22. The van der Waals surface area contributed by atoms with E-state index >= 15 is 0 Å². The molecule has 0 amide bonds. The average molecular weight is 240 g/mol. The summed E-state index contributed by atoms with van der Waals surface area (Å²) in [4.78, 5) is 17.8.